The molecule has 13 heavy (non-hydrogen) atoms. The molecule has 0 fully saturated rings. The highest BCUT2D eigenvalue weighted by Crippen LogP contribution is 2.21. The maximum atomic E-state index is 7.11. The number of nitrogens with one attached hydrogen (secondary N) is 1. The van der Waals surface area contributed by atoms with Crippen molar-refractivity contribution in [2.24, 2.45) is 11.8 Å². The van der Waals surface area contributed by atoms with E-state index in [1.165, 1.54) is 11.8 Å². The summed E-state index contributed by atoms with van der Waals surface area (Å²) in [7, 11) is 0. The van der Waals surface area contributed by atoms with Crippen LogP contribution in [0.15, 0.2) is 36.0 Å². The van der Waals surface area contributed by atoms with Crippen LogP contribution in [0.3, 0.4) is 0 Å². The molecule has 0 aromatic rings. The highest BCUT2D eigenvalue weighted by atomic mass is 14.3. The van der Waals surface area contributed by atoms with Gasteiger partial charge >= 0.3 is 0 Å². The molecule has 0 aliphatic heterocycles. The molecule has 0 radical (unpaired) electrons. The lowest BCUT2D eigenvalue weighted by Gasteiger charge is -2.14. The summed E-state index contributed by atoms with van der Waals surface area (Å²) >= 11 is 0. The zero-order chi connectivity index (χ0) is 9.68. The summed E-state index contributed by atoms with van der Waals surface area (Å²) in [5, 5.41) is 7.11. The normalized spacial score (nSPS) is 24.5. The first kappa shape index (κ1) is 9.97. The van der Waals surface area contributed by atoms with Crippen molar-refractivity contribution in [2.45, 2.75) is 20.3 Å². The summed E-state index contributed by atoms with van der Waals surface area (Å²) in [6, 6.07) is 0. The third-order valence-electron chi connectivity index (χ3n) is 2.35. The molecule has 0 saturated heterocycles. The highest BCUT2D eigenvalue weighted by molar-refractivity contribution is 5.59. The predicted molar refractivity (Wildman–Crippen MR) is 58.1 cm³/mol. The fraction of sp³-hybridized carbons (Fsp3) is 0.417. The van der Waals surface area contributed by atoms with Gasteiger partial charge in [0.25, 0.3) is 0 Å². The molecule has 0 aromatic carbocycles. The number of hydrogen-bond donors (Lipinski definition) is 1. The topological polar surface area (TPSA) is 23.9 Å². The Morgan fingerprint density at radius 1 is 1.54 bits per heavy atom. The van der Waals surface area contributed by atoms with Crippen molar-refractivity contribution >= 4 is 6.21 Å². The molecular weight excluding hydrogens is 158 g/mol. The Hall–Kier alpha value is -1.11. The SMILES string of the molecule is CC(=CC(C)C=N)C1C=CC=CC1. The fourth-order valence-corrected chi connectivity index (χ4v) is 1.50. The summed E-state index contributed by atoms with van der Waals surface area (Å²) in [5.74, 6) is 0.812. The van der Waals surface area contributed by atoms with Gasteiger partial charge in [-0.25, -0.2) is 0 Å². The minimum Gasteiger partial charge on any atom is -0.313 e. The van der Waals surface area contributed by atoms with E-state index >= 15 is 0 Å². The zero-order valence-corrected chi connectivity index (χ0v) is 8.33. The molecular formula is C12H17N. The van der Waals surface area contributed by atoms with Crippen molar-refractivity contribution in [3.63, 3.8) is 0 Å². The van der Waals surface area contributed by atoms with Crippen LogP contribution in [0, 0.1) is 17.2 Å². The van der Waals surface area contributed by atoms with Crippen LogP contribution in [0.2, 0.25) is 0 Å². The van der Waals surface area contributed by atoms with Gasteiger partial charge in [0.15, 0.2) is 0 Å². The summed E-state index contributed by atoms with van der Waals surface area (Å²) in [6.07, 6.45) is 13.3. The van der Waals surface area contributed by atoms with Gasteiger partial charge < -0.3 is 5.41 Å². The van der Waals surface area contributed by atoms with Gasteiger partial charge in [-0.1, -0.05) is 42.9 Å². The molecule has 0 saturated carbocycles. The largest absolute Gasteiger partial charge is 0.313 e. The minimum atomic E-state index is 0.263. The molecule has 1 aliphatic carbocycles. The third kappa shape index (κ3) is 3.02. The fourth-order valence-electron chi connectivity index (χ4n) is 1.50. The second kappa shape index (κ2) is 4.80. The maximum absolute atomic E-state index is 7.11. The average molecular weight is 175 g/mol. The van der Waals surface area contributed by atoms with Crippen molar-refractivity contribution in [1.82, 2.24) is 0 Å². The molecule has 1 nitrogen and oxygen atoms in total. The average Bonchev–Trinajstić information content (AvgIpc) is 2.19. The molecule has 1 N–H and O–H groups in total. The molecule has 70 valence electrons. The van der Waals surface area contributed by atoms with Crippen molar-refractivity contribution in [3.05, 3.63) is 36.0 Å². The van der Waals surface area contributed by atoms with E-state index < -0.39 is 0 Å². The predicted octanol–water partition coefficient (Wildman–Crippen LogP) is 3.35. The van der Waals surface area contributed by atoms with Gasteiger partial charge in [0.2, 0.25) is 0 Å². The van der Waals surface area contributed by atoms with E-state index in [1.807, 2.05) is 6.92 Å². The third-order valence-corrected chi connectivity index (χ3v) is 2.35. The molecule has 2 atom stereocenters. The summed E-state index contributed by atoms with van der Waals surface area (Å²) in [5.41, 5.74) is 1.37. The van der Waals surface area contributed by atoms with Gasteiger partial charge in [0.05, 0.1) is 0 Å². The smallest absolute Gasteiger partial charge is 0.00892 e. The van der Waals surface area contributed by atoms with Crippen molar-refractivity contribution < 1.29 is 0 Å². The Balaban J connectivity index is 2.61. The van der Waals surface area contributed by atoms with Crippen LogP contribution in [-0.4, -0.2) is 6.21 Å². The van der Waals surface area contributed by atoms with E-state index in [2.05, 4.69) is 37.3 Å². The van der Waals surface area contributed by atoms with E-state index in [9.17, 15) is 0 Å². The molecule has 0 heterocycles. The monoisotopic (exact) mass is 175 g/mol. The first-order valence-corrected chi connectivity index (χ1v) is 4.76. The van der Waals surface area contributed by atoms with Gasteiger partial charge in [-0.2, -0.15) is 0 Å². The van der Waals surface area contributed by atoms with E-state index in [0.717, 1.165) is 6.42 Å². The van der Waals surface area contributed by atoms with Crippen molar-refractivity contribution in [1.29, 1.82) is 5.41 Å². The zero-order valence-electron chi connectivity index (χ0n) is 8.33. The van der Waals surface area contributed by atoms with Gasteiger partial charge in [-0.15, -0.1) is 0 Å². The molecule has 0 spiro atoms. The molecule has 0 aromatic heterocycles. The van der Waals surface area contributed by atoms with Gasteiger partial charge in [-0.05, 0) is 13.3 Å². The summed E-state index contributed by atoms with van der Waals surface area (Å²) in [6.45, 7) is 4.19. The molecule has 1 aliphatic rings. The minimum absolute atomic E-state index is 0.263. The van der Waals surface area contributed by atoms with Gasteiger partial charge in [0.1, 0.15) is 0 Å². The second-order valence-electron chi connectivity index (χ2n) is 3.59. The van der Waals surface area contributed by atoms with E-state index in [-0.39, 0.29) is 5.92 Å². The van der Waals surface area contributed by atoms with Crippen LogP contribution in [0.5, 0.6) is 0 Å². The summed E-state index contributed by atoms with van der Waals surface area (Å²) in [4.78, 5) is 0. The van der Waals surface area contributed by atoms with Crippen LogP contribution in [0.25, 0.3) is 0 Å². The highest BCUT2D eigenvalue weighted by Gasteiger charge is 2.07. The number of hydrogen-bond acceptors (Lipinski definition) is 1. The Morgan fingerprint density at radius 3 is 2.85 bits per heavy atom. The number of rotatable bonds is 3. The maximum Gasteiger partial charge on any atom is 0.00892 e. The molecule has 2 unspecified atom stereocenters. The lowest BCUT2D eigenvalue weighted by Crippen LogP contribution is -2.01. The van der Waals surface area contributed by atoms with Gasteiger partial charge in [-0.3, -0.25) is 0 Å². The Labute approximate surface area is 80.4 Å². The quantitative estimate of drug-likeness (QED) is 0.502. The van der Waals surface area contributed by atoms with E-state index in [1.54, 1.807) is 0 Å². The number of allylic oxidation sites excluding steroid dienone is 6. The van der Waals surface area contributed by atoms with Crippen LogP contribution < -0.4 is 0 Å². The molecule has 1 heteroatoms. The van der Waals surface area contributed by atoms with E-state index in [0.29, 0.717) is 5.92 Å². The lowest BCUT2D eigenvalue weighted by molar-refractivity contribution is 0.754. The molecule has 0 amide bonds. The van der Waals surface area contributed by atoms with Crippen LogP contribution in [0.4, 0.5) is 0 Å². The van der Waals surface area contributed by atoms with Crippen LogP contribution in [0.1, 0.15) is 20.3 Å². The standard InChI is InChI=1S/C12H17N/c1-10(9-13)8-11(2)12-6-4-3-5-7-12/h3-6,8-10,12-13H,7H2,1-2H3. The summed E-state index contributed by atoms with van der Waals surface area (Å²) < 4.78 is 0. The van der Waals surface area contributed by atoms with E-state index in [4.69, 9.17) is 5.41 Å². The van der Waals surface area contributed by atoms with Gasteiger partial charge in [0, 0.05) is 18.1 Å². The molecule has 1 rings (SSSR count). The first-order valence-electron chi connectivity index (χ1n) is 4.76. The lowest BCUT2D eigenvalue weighted by atomic mass is 9.91. The van der Waals surface area contributed by atoms with Crippen LogP contribution >= 0.6 is 0 Å². The van der Waals surface area contributed by atoms with Crippen LogP contribution in [-0.2, 0) is 0 Å². The Bertz CT molecular complexity index is 258. The second-order valence-corrected chi connectivity index (χ2v) is 3.59. The Morgan fingerprint density at radius 2 is 2.31 bits per heavy atom. The first-order chi connectivity index (χ1) is 6.24. The van der Waals surface area contributed by atoms with Crippen molar-refractivity contribution in [2.75, 3.05) is 0 Å². The molecule has 0 bridgehead atoms. The van der Waals surface area contributed by atoms with Crippen molar-refractivity contribution in [3.8, 4) is 0 Å². The Kier molecular flexibility index (Phi) is 3.69.